The fourth-order valence-electron chi connectivity index (χ4n) is 4.07. The van der Waals surface area contributed by atoms with Crippen LogP contribution in [0.2, 0.25) is 5.02 Å². The highest BCUT2D eigenvalue weighted by Gasteiger charge is 2.42. The van der Waals surface area contributed by atoms with Gasteiger partial charge in [-0.05, 0) is 41.2 Å². The Kier molecular flexibility index (Phi) is 5.44. The number of fused-ring (bicyclic) bond motifs is 2. The van der Waals surface area contributed by atoms with Crippen molar-refractivity contribution in [1.82, 2.24) is 4.90 Å². The Hall–Kier alpha value is -2.63. The first-order valence-electron chi connectivity index (χ1n) is 10.3. The number of amides is 1. The van der Waals surface area contributed by atoms with E-state index in [4.69, 9.17) is 20.8 Å². The number of halogens is 1. The summed E-state index contributed by atoms with van der Waals surface area (Å²) >= 11 is 6.28. The molecule has 1 amide bonds. The molecule has 3 aromatic rings. The van der Waals surface area contributed by atoms with Crippen LogP contribution in [-0.2, 0) is 10.2 Å². The molecule has 2 heterocycles. The first-order chi connectivity index (χ1) is 14.6. The molecular formula is C25H26ClNO4. The molecule has 162 valence electrons. The summed E-state index contributed by atoms with van der Waals surface area (Å²) < 4.78 is 11.2. The molecule has 31 heavy (non-hydrogen) atoms. The van der Waals surface area contributed by atoms with Gasteiger partial charge >= 0.3 is 0 Å². The molecule has 0 fully saturated rings. The summed E-state index contributed by atoms with van der Waals surface area (Å²) in [4.78, 5) is 28.5. The highest BCUT2D eigenvalue weighted by atomic mass is 35.5. The second-order valence-corrected chi connectivity index (χ2v) is 9.44. The molecule has 1 aliphatic rings. The number of hydrogen-bond donors (Lipinski definition) is 0. The number of carbonyl (C=O) groups is 1. The summed E-state index contributed by atoms with van der Waals surface area (Å²) in [6.45, 7) is 8.98. The second-order valence-electron chi connectivity index (χ2n) is 9.04. The van der Waals surface area contributed by atoms with E-state index in [1.165, 1.54) is 5.56 Å². The minimum atomic E-state index is -0.535. The average molecular weight is 440 g/mol. The van der Waals surface area contributed by atoms with Crippen molar-refractivity contribution in [3.05, 3.63) is 79.7 Å². The van der Waals surface area contributed by atoms with Gasteiger partial charge in [0.25, 0.3) is 5.91 Å². The van der Waals surface area contributed by atoms with Crippen LogP contribution in [0.15, 0.2) is 45.6 Å². The topological polar surface area (TPSA) is 59.8 Å². The maximum absolute atomic E-state index is 13.5. The van der Waals surface area contributed by atoms with Crippen LogP contribution in [0.4, 0.5) is 0 Å². The highest BCUT2D eigenvalue weighted by molar-refractivity contribution is 6.32. The number of carbonyl (C=O) groups excluding carboxylic acids is 1. The molecule has 2 aromatic carbocycles. The largest absolute Gasteiger partial charge is 0.450 e. The van der Waals surface area contributed by atoms with Crippen molar-refractivity contribution in [2.24, 2.45) is 0 Å². The molecule has 5 nitrogen and oxygen atoms in total. The Labute approximate surface area is 186 Å². The van der Waals surface area contributed by atoms with Gasteiger partial charge in [0.2, 0.25) is 5.76 Å². The zero-order valence-corrected chi connectivity index (χ0v) is 19.2. The number of nitrogens with zero attached hydrogens (tertiary/aromatic N) is 1. The van der Waals surface area contributed by atoms with Crippen molar-refractivity contribution in [2.75, 3.05) is 20.3 Å². The van der Waals surface area contributed by atoms with Crippen LogP contribution in [0, 0.1) is 6.92 Å². The SMILES string of the molecule is COCCN1C(=O)c2oc3cc(C)c(Cl)cc3c(=O)c2C1c1ccc(C(C)(C)C)cc1. The molecule has 1 atom stereocenters. The van der Waals surface area contributed by atoms with E-state index in [1.807, 2.05) is 19.1 Å². The number of rotatable bonds is 4. The van der Waals surface area contributed by atoms with Crippen molar-refractivity contribution < 1.29 is 13.9 Å². The molecule has 4 rings (SSSR count). The Bertz CT molecular complexity index is 1220. The molecule has 1 aromatic heterocycles. The van der Waals surface area contributed by atoms with Gasteiger partial charge in [-0.1, -0.05) is 56.6 Å². The minimum absolute atomic E-state index is 0.00150. The molecule has 0 radical (unpaired) electrons. The van der Waals surface area contributed by atoms with Crippen LogP contribution >= 0.6 is 11.6 Å². The lowest BCUT2D eigenvalue weighted by Crippen LogP contribution is -2.32. The van der Waals surface area contributed by atoms with Crippen LogP contribution in [0.3, 0.4) is 0 Å². The predicted octanol–water partition coefficient (Wildman–Crippen LogP) is 5.24. The molecule has 1 aliphatic heterocycles. The van der Waals surface area contributed by atoms with E-state index in [1.54, 1.807) is 24.1 Å². The minimum Gasteiger partial charge on any atom is -0.450 e. The number of benzene rings is 2. The highest BCUT2D eigenvalue weighted by Crippen LogP contribution is 2.39. The van der Waals surface area contributed by atoms with Crippen molar-refractivity contribution >= 4 is 28.5 Å². The van der Waals surface area contributed by atoms with E-state index in [2.05, 4.69) is 32.9 Å². The van der Waals surface area contributed by atoms with Gasteiger partial charge in [-0.25, -0.2) is 0 Å². The lowest BCUT2D eigenvalue weighted by Gasteiger charge is -2.26. The zero-order chi connectivity index (χ0) is 22.5. The van der Waals surface area contributed by atoms with Crippen LogP contribution in [0.1, 0.15) is 59.6 Å². The fourth-order valence-corrected chi connectivity index (χ4v) is 4.24. The van der Waals surface area contributed by atoms with Gasteiger partial charge in [-0.15, -0.1) is 0 Å². The van der Waals surface area contributed by atoms with Crippen molar-refractivity contribution in [3.8, 4) is 0 Å². The smallest absolute Gasteiger partial charge is 0.290 e. The van der Waals surface area contributed by atoms with E-state index < -0.39 is 6.04 Å². The van der Waals surface area contributed by atoms with E-state index in [-0.39, 0.29) is 22.5 Å². The van der Waals surface area contributed by atoms with Gasteiger partial charge in [0, 0.05) is 18.7 Å². The molecule has 0 aliphatic carbocycles. The first-order valence-corrected chi connectivity index (χ1v) is 10.7. The van der Waals surface area contributed by atoms with Crippen LogP contribution < -0.4 is 5.43 Å². The molecule has 6 heteroatoms. The predicted molar refractivity (Wildman–Crippen MR) is 122 cm³/mol. The molecule has 0 bridgehead atoms. The Morgan fingerprint density at radius 1 is 1.13 bits per heavy atom. The van der Waals surface area contributed by atoms with Crippen LogP contribution in [-0.4, -0.2) is 31.1 Å². The van der Waals surface area contributed by atoms with Crippen molar-refractivity contribution in [3.63, 3.8) is 0 Å². The standard InChI is InChI=1S/C25H26ClNO4/c1-14-12-19-17(13-18(14)26)22(28)20-21(15-6-8-16(9-7-15)25(2,3)4)27(10-11-30-5)24(29)23(20)31-19/h6-9,12-13,21H,10-11H2,1-5H3. The van der Waals surface area contributed by atoms with Crippen LogP contribution in [0.25, 0.3) is 11.0 Å². The van der Waals surface area contributed by atoms with Crippen LogP contribution in [0.5, 0.6) is 0 Å². The van der Waals surface area contributed by atoms with E-state index in [0.717, 1.165) is 11.1 Å². The number of hydrogen-bond acceptors (Lipinski definition) is 4. The molecule has 0 saturated carbocycles. The Balaban J connectivity index is 1.93. The van der Waals surface area contributed by atoms with Gasteiger partial charge in [-0.2, -0.15) is 0 Å². The maximum Gasteiger partial charge on any atom is 0.290 e. The maximum atomic E-state index is 13.5. The number of aryl methyl sites for hydroxylation is 1. The summed E-state index contributed by atoms with van der Waals surface area (Å²) in [5.74, 6) is -0.205. The lowest BCUT2D eigenvalue weighted by atomic mass is 9.86. The first kappa shape index (κ1) is 21.6. The zero-order valence-electron chi connectivity index (χ0n) is 18.4. The summed E-state index contributed by atoms with van der Waals surface area (Å²) in [5, 5.41) is 0.874. The molecule has 1 unspecified atom stereocenters. The third-order valence-corrected chi connectivity index (χ3v) is 6.28. The van der Waals surface area contributed by atoms with Gasteiger partial charge in [0.1, 0.15) is 5.58 Å². The quantitative estimate of drug-likeness (QED) is 0.557. The molecule has 0 N–H and O–H groups in total. The Morgan fingerprint density at radius 3 is 2.42 bits per heavy atom. The molecule has 0 spiro atoms. The fraction of sp³-hybridized carbons (Fsp3) is 0.360. The lowest BCUT2D eigenvalue weighted by molar-refractivity contribution is 0.0663. The second kappa shape index (κ2) is 7.81. The summed E-state index contributed by atoms with van der Waals surface area (Å²) in [6.07, 6.45) is 0. The van der Waals surface area contributed by atoms with E-state index in [0.29, 0.717) is 34.7 Å². The number of methoxy groups -OCH3 is 1. The summed E-state index contributed by atoms with van der Waals surface area (Å²) in [6, 6.07) is 10.9. The normalized spacial score (nSPS) is 16.3. The third-order valence-electron chi connectivity index (χ3n) is 5.88. The molecular weight excluding hydrogens is 414 g/mol. The van der Waals surface area contributed by atoms with Crippen molar-refractivity contribution in [2.45, 2.75) is 39.2 Å². The van der Waals surface area contributed by atoms with Crippen molar-refractivity contribution in [1.29, 1.82) is 0 Å². The third kappa shape index (κ3) is 3.66. The number of ether oxygens (including phenoxy) is 1. The van der Waals surface area contributed by atoms with Gasteiger partial charge in [0.15, 0.2) is 5.43 Å². The van der Waals surface area contributed by atoms with Gasteiger partial charge in [0.05, 0.1) is 23.6 Å². The Morgan fingerprint density at radius 2 is 1.81 bits per heavy atom. The average Bonchev–Trinajstić information content (AvgIpc) is 2.99. The summed E-state index contributed by atoms with van der Waals surface area (Å²) in [5.41, 5.74) is 3.33. The summed E-state index contributed by atoms with van der Waals surface area (Å²) in [7, 11) is 1.59. The monoisotopic (exact) mass is 439 g/mol. The van der Waals surface area contributed by atoms with E-state index in [9.17, 15) is 9.59 Å². The van der Waals surface area contributed by atoms with Gasteiger partial charge in [-0.3, -0.25) is 9.59 Å². The van der Waals surface area contributed by atoms with E-state index >= 15 is 0 Å². The molecule has 0 saturated heterocycles. The van der Waals surface area contributed by atoms with Gasteiger partial charge < -0.3 is 14.1 Å².